The highest BCUT2D eigenvalue weighted by Crippen LogP contribution is 2.29. The molecule has 2 aromatic heterocycles. The number of anilines is 2. The summed E-state index contributed by atoms with van der Waals surface area (Å²) in [7, 11) is 0. The van der Waals surface area contributed by atoms with Crippen LogP contribution in [0.3, 0.4) is 0 Å². The minimum absolute atomic E-state index is 0.169. The SMILES string of the molecule is Cc1noc(CNC(=O)c2sc(NC3CCC3)nc2N)n1. The van der Waals surface area contributed by atoms with E-state index in [1.807, 2.05) is 0 Å². The van der Waals surface area contributed by atoms with Crippen LogP contribution in [0.5, 0.6) is 0 Å². The van der Waals surface area contributed by atoms with Crippen LogP contribution >= 0.6 is 11.3 Å². The number of thiazole rings is 1. The summed E-state index contributed by atoms with van der Waals surface area (Å²) >= 11 is 1.26. The van der Waals surface area contributed by atoms with Crippen molar-refractivity contribution in [3.05, 3.63) is 16.6 Å². The number of aromatic nitrogens is 3. The molecule has 0 radical (unpaired) electrons. The summed E-state index contributed by atoms with van der Waals surface area (Å²) < 4.78 is 4.93. The van der Waals surface area contributed by atoms with Gasteiger partial charge in [0.05, 0.1) is 6.54 Å². The molecule has 3 rings (SSSR count). The Hall–Kier alpha value is -2.16. The van der Waals surface area contributed by atoms with Gasteiger partial charge < -0.3 is 20.9 Å². The van der Waals surface area contributed by atoms with Gasteiger partial charge in [0, 0.05) is 6.04 Å². The van der Waals surface area contributed by atoms with E-state index in [0.29, 0.717) is 27.8 Å². The van der Waals surface area contributed by atoms with Gasteiger partial charge >= 0.3 is 0 Å². The lowest BCUT2D eigenvalue weighted by Gasteiger charge is -2.25. The smallest absolute Gasteiger partial charge is 0.265 e. The van der Waals surface area contributed by atoms with Crippen LogP contribution in [-0.4, -0.2) is 27.1 Å². The lowest BCUT2D eigenvalue weighted by atomic mass is 9.93. The molecule has 2 aromatic rings. The molecule has 9 heteroatoms. The summed E-state index contributed by atoms with van der Waals surface area (Å²) in [6.45, 7) is 1.89. The van der Waals surface area contributed by atoms with E-state index in [-0.39, 0.29) is 18.3 Å². The van der Waals surface area contributed by atoms with Crippen molar-refractivity contribution in [2.24, 2.45) is 0 Å². The number of carbonyl (C=O) groups is 1. The average molecular weight is 308 g/mol. The van der Waals surface area contributed by atoms with Crippen molar-refractivity contribution in [1.82, 2.24) is 20.4 Å². The monoisotopic (exact) mass is 308 g/mol. The lowest BCUT2D eigenvalue weighted by molar-refractivity contribution is 0.0951. The molecule has 1 aliphatic carbocycles. The Morgan fingerprint density at radius 3 is 2.90 bits per heavy atom. The van der Waals surface area contributed by atoms with Gasteiger partial charge in [-0.05, 0) is 26.2 Å². The van der Waals surface area contributed by atoms with Gasteiger partial charge in [-0.25, -0.2) is 4.98 Å². The number of amides is 1. The predicted octanol–water partition coefficient (Wildman–Crippen LogP) is 1.31. The summed E-state index contributed by atoms with van der Waals surface area (Å²) in [5.74, 6) is 0.837. The molecule has 2 heterocycles. The van der Waals surface area contributed by atoms with Gasteiger partial charge in [0.2, 0.25) is 5.89 Å². The Morgan fingerprint density at radius 1 is 1.48 bits per heavy atom. The highest BCUT2D eigenvalue weighted by molar-refractivity contribution is 7.18. The van der Waals surface area contributed by atoms with Crippen LogP contribution in [0.25, 0.3) is 0 Å². The van der Waals surface area contributed by atoms with Crippen molar-refractivity contribution in [2.75, 3.05) is 11.1 Å². The van der Waals surface area contributed by atoms with E-state index in [1.165, 1.54) is 17.8 Å². The highest BCUT2D eigenvalue weighted by Gasteiger charge is 2.21. The second-order valence-electron chi connectivity index (χ2n) is 4.92. The number of rotatable bonds is 5. The van der Waals surface area contributed by atoms with Gasteiger partial charge in [0.1, 0.15) is 10.7 Å². The number of hydrogen-bond donors (Lipinski definition) is 3. The number of hydrogen-bond acceptors (Lipinski definition) is 8. The molecular weight excluding hydrogens is 292 g/mol. The van der Waals surface area contributed by atoms with E-state index < -0.39 is 0 Å². The Kier molecular flexibility index (Phi) is 3.74. The van der Waals surface area contributed by atoms with Crippen molar-refractivity contribution in [2.45, 2.75) is 38.8 Å². The molecule has 1 saturated carbocycles. The first kappa shape index (κ1) is 13.8. The van der Waals surface area contributed by atoms with Crippen molar-refractivity contribution in [1.29, 1.82) is 0 Å². The van der Waals surface area contributed by atoms with Gasteiger partial charge in [0.15, 0.2) is 11.0 Å². The molecule has 1 fully saturated rings. The molecule has 0 unspecified atom stereocenters. The second kappa shape index (κ2) is 5.68. The summed E-state index contributed by atoms with van der Waals surface area (Å²) in [6, 6.07) is 0.452. The van der Waals surface area contributed by atoms with Gasteiger partial charge in [-0.3, -0.25) is 4.79 Å². The molecule has 0 aromatic carbocycles. The van der Waals surface area contributed by atoms with Gasteiger partial charge in [0.25, 0.3) is 5.91 Å². The number of aryl methyl sites for hydroxylation is 1. The summed E-state index contributed by atoms with van der Waals surface area (Å²) in [6.07, 6.45) is 3.50. The number of nitrogen functional groups attached to an aromatic ring is 1. The molecule has 0 bridgehead atoms. The Morgan fingerprint density at radius 2 is 2.29 bits per heavy atom. The third kappa shape index (κ3) is 3.13. The van der Waals surface area contributed by atoms with Crippen LogP contribution in [0.2, 0.25) is 0 Å². The van der Waals surface area contributed by atoms with Crippen LogP contribution < -0.4 is 16.4 Å². The van der Waals surface area contributed by atoms with Crippen molar-refractivity contribution < 1.29 is 9.32 Å². The zero-order valence-corrected chi connectivity index (χ0v) is 12.4. The van der Waals surface area contributed by atoms with Crippen LogP contribution in [0.4, 0.5) is 10.9 Å². The minimum Gasteiger partial charge on any atom is -0.382 e. The van der Waals surface area contributed by atoms with Gasteiger partial charge in [-0.2, -0.15) is 4.98 Å². The topological polar surface area (TPSA) is 119 Å². The van der Waals surface area contributed by atoms with Crippen molar-refractivity contribution >= 4 is 28.2 Å². The molecule has 0 spiro atoms. The molecule has 0 aliphatic heterocycles. The maximum absolute atomic E-state index is 12.1. The maximum atomic E-state index is 12.1. The quantitative estimate of drug-likeness (QED) is 0.761. The molecule has 1 aliphatic rings. The Labute approximate surface area is 125 Å². The Balaban J connectivity index is 1.60. The van der Waals surface area contributed by atoms with E-state index >= 15 is 0 Å². The lowest BCUT2D eigenvalue weighted by Crippen LogP contribution is -2.26. The van der Waals surface area contributed by atoms with Crippen LogP contribution in [-0.2, 0) is 6.54 Å². The first-order chi connectivity index (χ1) is 10.1. The Bertz CT molecular complexity index is 648. The zero-order valence-electron chi connectivity index (χ0n) is 11.5. The third-order valence-electron chi connectivity index (χ3n) is 3.26. The standard InChI is InChI=1S/C12H16N6O2S/c1-6-15-8(20-18-6)5-14-11(19)9-10(13)17-12(21-9)16-7-3-2-4-7/h7H,2-5,13H2,1H3,(H,14,19)(H,16,17). The number of nitrogens with zero attached hydrogens (tertiary/aromatic N) is 3. The maximum Gasteiger partial charge on any atom is 0.265 e. The molecule has 1 amide bonds. The van der Waals surface area contributed by atoms with Crippen molar-refractivity contribution in [3.8, 4) is 0 Å². The summed E-state index contributed by atoms with van der Waals surface area (Å²) in [5, 5.41) is 10.3. The van der Waals surface area contributed by atoms with E-state index in [4.69, 9.17) is 10.3 Å². The van der Waals surface area contributed by atoms with E-state index in [0.717, 1.165) is 12.8 Å². The molecular formula is C12H16N6O2S. The number of nitrogens with two attached hydrogens (primary N) is 1. The molecule has 0 atom stereocenters. The fourth-order valence-electron chi connectivity index (χ4n) is 1.93. The first-order valence-electron chi connectivity index (χ1n) is 6.72. The largest absolute Gasteiger partial charge is 0.382 e. The molecule has 21 heavy (non-hydrogen) atoms. The normalized spacial score (nSPS) is 14.7. The predicted molar refractivity (Wildman–Crippen MR) is 78.0 cm³/mol. The third-order valence-corrected chi connectivity index (χ3v) is 4.26. The van der Waals surface area contributed by atoms with E-state index in [9.17, 15) is 4.79 Å². The molecule has 4 N–H and O–H groups in total. The van der Waals surface area contributed by atoms with Crippen LogP contribution in [0.15, 0.2) is 4.52 Å². The van der Waals surface area contributed by atoms with Crippen LogP contribution in [0.1, 0.15) is 40.6 Å². The van der Waals surface area contributed by atoms with E-state index in [1.54, 1.807) is 6.92 Å². The molecule has 112 valence electrons. The number of nitrogens with one attached hydrogen (secondary N) is 2. The van der Waals surface area contributed by atoms with Crippen LogP contribution in [0, 0.1) is 6.92 Å². The van der Waals surface area contributed by atoms with E-state index in [2.05, 4.69) is 25.8 Å². The fourth-order valence-corrected chi connectivity index (χ4v) is 2.81. The van der Waals surface area contributed by atoms with Gasteiger partial charge in [-0.15, -0.1) is 0 Å². The molecule has 0 saturated heterocycles. The highest BCUT2D eigenvalue weighted by atomic mass is 32.1. The summed E-state index contributed by atoms with van der Waals surface area (Å²) in [5.41, 5.74) is 5.80. The minimum atomic E-state index is -0.289. The first-order valence-corrected chi connectivity index (χ1v) is 7.53. The fraction of sp³-hybridized carbons (Fsp3) is 0.500. The number of carbonyl (C=O) groups excluding carboxylic acids is 1. The van der Waals surface area contributed by atoms with Gasteiger partial charge in [-0.1, -0.05) is 16.5 Å². The second-order valence-corrected chi connectivity index (χ2v) is 5.92. The average Bonchev–Trinajstić information content (AvgIpc) is 2.97. The molecule has 8 nitrogen and oxygen atoms in total. The summed E-state index contributed by atoms with van der Waals surface area (Å²) in [4.78, 5) is 20.7. The van der Waals surface area contributed by atoms with Crippen molar-refractivity contribution in [3.63, 3.8) is 0 Å². The zero-order chi connectivity index (χ0) is 14.8.